The molecule has 1 aliphatic rings. The average molecular weight is 173 g/mol. The molecule has 3 nitrogen and oxygen atoms in total. The van der Waals surface area contributed by atoms with E-state index in [0.717, 1.165) is 5.92 Å². The van der Waals surface area contributed by atoms with Gasteiger partial charge in [-0.15, -0.1) is 0 Å². The summed E-state index contributed by atoms with van der Waals surface area (Å²) < 4.78 is 0. The van der Waals surface area contributed by atoms with Crippen molar-refractivity contribution in [3.05, 3.63) is 0 Å². The lowest BCUT2D eigenvalue weighted by molar-refractivity contribution is 0.402. The highest BCUT2D eigenvalue weighted by atomic mass is 14.9. The molecular formula is C9H23N3. The van der Waals surface area contributed by atoms with Crippen LogP contribution in [0.15, 0.2) is 0 Å². The molecule has 0 saturated carbocycles. The molecule has 1 heterocycles. The van der Waals surface area contributed by atoms with Crippen LogP contribution in [0.25, 0.3) is 0 Å². The Morgan fingerprint density at radius 1 is 1.42 bits per heavy atom. The van der Waals surface area contributed by atoms with Crippen molar-refractivity contribution in [3.63, 3.8) is 0 Å². The fraction of sp³-hybridized carbons (Fsp3) is 0.889. The Labute approximate surface area is 76.2 Å². The summed E-state index contributed by atoms with van der Waals surface area (Å²) in [6, 6.07) is 0. The van der Waals surface area contributed by atoms with Gasteiger partial charge in [-0.3, -0.25) is 5.41 Å². The van der Waals surface area contributed by atoms with Crippen LogP contribution in [-0.2, 0) is 0 Å². The molecule has 1 saturated heterocycles. The van der Waals surface area contributed by atoms with E-state index in [1.165, 1.54) is 32.9 Å². The van der Waals surface area contributed by atoms with E-state index in [-0.39, 0.29) is 13.3 Å². The number of piperidine rings is 1. The Hall–Kier alpha value is -0.570. The fourth-order valence-electron chi connectivity index (χ4n) is 0.966. The maximum atomic E-state index is 6.28. The smallest absolute Gasteiger partial charge is 0.0873 e. The van der Waals surface area contributed by atoms with Gasteiger partial charge in [0.2, 0.25) is 0 Å². The molecule has 1 aliphatic heterocycles. The SMILES string of the molecule is C.CC(=N)N.CC1CCNCC1. The summed E-state index contributed by atoms with van der Waals surface area (Å²) in [5, 5.41) is 9.59. The van der Waals surface area contributed by atoms with Crippen molar-refractivity contribution in [2.45, 2.75) is 34.1 Å². The minimum Gasteiger partial charge on any atom is -0.388 e. The van der Waals surface area contributed by atoms with Gasteiger partial charge in [0.15, 0.2) is 0 Å². The summed E-state index contributed by atoms with van der Waals surface area (Å²) in [5.74, 6) is 1.14. The zero-order chi connectivity index (χ0) is 8.69. The molecule has 0 aromatic heterocycles. The number of rotatable bonds is 0. The van der Waals surface area contributed by atoms with E-state index in [2.05, 4.69) is 12.2 Å². The van der Waals surface area contributed by atoms with Crippen molar-refractivity contribution >= 4 is 5.84 Å². The molecule has 0 aromatic carbocycles. The monoisotopic (exact) mass is 173 g/mol. The number of hydrogen-bond donors (Lipinski definition) is 3. The number of nitrogens with one attached hydrogen (secondary N) is 2. The highest BCUT2D eigenvalue weighted by molar-refractivity contribution is 5.73. The molecule has 0 atom stereocenters. The van der Waals surface area contributed by atoms with Crippen LogP contribution in [-0.4, -0.2) is 18.9 Å². The van der Waals surface area contributed by atoms with Gasteiger partial charge in [0.05, 0.1) is 5.84 Å². The minimum absolute atomic E-state index is 0. The van der Waals surface area contributed by atoms with E-state index in [9.17, 15) is 0 Å². The predicted molar refractivity (Wildman–Crippen MR) is 55.6 cm³/mol. The van der Waals surface area contributed by atoms with Crippen molar-refractivity contribution in [1.82, 2.24) is 5.32 Å². The summed E-state index contributed by atoms with van der Waals surface area (Å²) in [5.41, 5.74) is 4.69. The van der Waals surface area contributed by atoms with E-state index >= 15 is 0 Å². The molecule has 12 heavy (non-hydrogen) atoms. The van der Waals surface area contributed by atoms with Crippen LogP contribution in [0.2, 0.25) is 0 Å². The molecule has 0 bridgehead atoms. The molecule has 74 valence electrons. The Bertz CT molecular complexity index is 102. The molecule has 0 aromatic rings. The van der Waals surface area contributed by atoms with Crippen LogP contribution < -0.4 is 11.1 Å². The highest BCUT2D eigenvalue weighted by Crippen LogP contribution is 2.08. The van der Waals surface area contributed by atoms with Crippen molar-refractivity contribution in [2.24, 2.45) is 11.7 Å². The van der Waals surface area contributed by atoms with Crippen LogP contribution in [0, 0.1) is 11.3 Å². The minimum atomic E-state index is 0. The van der Waals surface area contributed by atoms with Gasteiger partial charge in [0.25, 0.3) is 0 Å². The molecule has 1 rings (SSSR count). The molecule has 0 amide bonds. The van der Waals surface area contributed by atoms with Gasteiger partial charge < -0.3 is 11.1 Å². The Kier molecular flexibility index (Phi) is 9.93. The van der Waals surface area contributed by atoms with Gasteiger partial charge in [-0.1, -0.05) is 14.4 Å². The maximum absolute atomic E-state index is 6.28. The Morgan fingerprint density at radius 3 is 1.92 bits per heavy atom. The topological polar surface area (TPSA) is 61.9 Å². The standard InChI is InChI=1S/C6H13N.C2H6N2.CH4/c1-6-2-4-7-5-3-6;1-2(3)4;/h6-7H,2-5H2,1H3;1H3,(H3,3,4);1H4. The Balaban J connectivity index is 0. The molecule has 4 N–H and O–H groups in total. The van der Waals surface area contributed by atoms with Crippen LogP contribution >= 0.6 is 0 Å². The van der Waals surface area contributed by atoms with E-state index < -0.39 is 0 Å². The zero-order valence-electron chi connectivity index (χ0n) is 7.48. The van der Waals surface area contributed by atoms with Crippen molar-refractivity contribution in [2.75, 3.05) is 13.1 Å². The van der Waals surface area contributed by atoms with Crippen LogP contribution in [0.3, 0.4) is 0 Å². The van der Waals surface area contributed by atoms with E-state index in [4.69, 9.17) is 11.1 Å². The van der Waals surface area contributed by atoms with Crippen molar-refractivity contribution in [3.8, 4) is 0 Å². The number of nitrogens with two attached hydrogens (primary N) is 1. The third-order valence-electron chi connectivity index (χ3n) is 1.63. The Morgan fingerprint density at radius 2 is 1.75 bits per heavy atom. The average Bonchev–Trinajstić information content (AvgIpc) is 1.87. The van der Waals surface area contributed by atoms with E-state index in [1.807, 2.05) is 0 Å². The second-order valence-electron chi connectivity index (χ2n) is 3.12. The van der Waals surface area contributed by atoms with Gasteiger partial charge in [-0.05, 0) is 38.8 Å². The lowest BCUT2D eigenvalue weighted by atomic mass is 10.0. The first kappa shape index (κ1) is 14.0. The molecule has 0 aliphatic carbocycles. The summed E-state index contributed by atoms with van der Waals surface area (Å²) in [6.07, 6.45) is 2.75. The summed E-state index contributed by atoms with van der Waals surface area (Å²) in [7, 11) is 0. The van der Waals surface area contributed by atoms with Crippen molar-refractivity contribution < 1.29 is 0 Å². The second-order valence-corrected chi connectivity index (χ2v) is 3.12. The zero-order valence-corrected chi connectivity index (χ0v) is 7.48. The van der Waals surface area contributed by atoms with Gasteiger partial charge in [-0.25, -0.2) is 0 Å². The van der Waals surface area contributed by atoms with E-state index in [0.29, 0.717) is 0 Å². The molecule has 0 radical (unpaired) electrons. The quantitative estimate of drug-likeness (QED) is 0.385. The van der Waals surface area contributed by atoms with Crippen LogP contribution in [0.4, 0.5) is 0 Å². The van der Waals surface area contributed by atoms with Gasteiger partial charge >= 0.3 is 0 Å². The van der Waals surface area contributed by atoms with Gasteiger partial charge in [0.1, 0.15) is 0 Å². The molecule has 0 unspecified atom stereocenters. The molecular weight excluding hydrogens is 150 g/mol. The number of hydrogen-bond acceptors (Lipinski definition) is 2. The maximum Gasteiger partial charge on any atom is 0.0873 e. The molecule has 3 heteroatoms. The third kappa shape index (κ3) is 12.1. The van der Waals surface area contributed by atoms with Gasteiger partial charge in [0, 0.05) is 0 Å². The normalized spacial score (nSPS) is 16.8. The first-order chi connectivity index (χ1) is 5.13. The summed E-state index contributed by atoms with van der Waals surface area (Å²) >= 11 is 0. The first-order valence-electron chi connectivity index (χ1n) is 4.14. The lowest BCUT2D eigenvalue weighted by Gasteiger charge is -2.17. The molecule has 0 spiro atoms. The molecule has 1 fully saturated rings. The van der Waals surface area contributed by atoms with Gasteiger partial charge in [-0.2, -0.15) is 0 Å². The largest absolute Gasteiger partial charge is 0.388 e. The summed E-state index contributed by atoms with van der Waals surface area (Å²) in [6.45, 7) is 6.32. The second kappa shape index (κ2) is 8.53. The summed E-state index contributed by atoms with van der Waals surface area (Å²) in [4.78, 5) is 0. The predicted octanol–water partition coefficient (Wildman–Crippen LogP) is 1.58. The highest BCUT2D eigenvalue weighted by Gasteiger charge is 2.04. The van der Waals surface area contributed by atoms with Crippen LogP contribution in [0.1, 0.15) is 34.1 Å². The van der Waals surface area contributed by atoms with Crippen molar-refractivity contribution in [1.29, 1.82) is 5.41 Å². The lowest BCUT2D eigenvalue weighted by Crippen LogP contribution is -2.26. The van der Waals surface area contributed by atoms with Crippen LogP contribution in [0.5, 0.6) is 0 Å². The first-order valence-corrected chi connectivity index (χ1v) is 4.14. The number of amidine groups is 1. The third-order valence-corrected chi connectivity index (χ3v) is 1.63. The fourth-order valence-corrected chi connectivity index (χ4v) is 0.966. The van der Waals surface area contributed by atoms with E-state index in [1.54, 1.807) is 0 Å².